The molecule has 3 rings (SSSR count). The van der Waals surface area contributed by atoms with Gasteiger partial charge in [0.05, 0.1) is 55.9 Å². The van der Waals surface area contributed by atoms with Crippen LogP contribution in [0.2, 0.25) is 5.02 Å². The van der Waals surface area contributed by atoms with Gasteiger partial charge in [0.1, 0.15) is 5.82 Å². The van der Waals surface area contributed by atoms with E-state index in [0.717, 1.165) is 0 Å². The fraction of sp³-hybridized carbons (Fsp3) is 0.348. The van der Waals surface area contributed by atoms with Crippen molar-refractivity contribution in [2.75, 3.05) is 38.4 Å². The number of hydrogen-bond acceptors (Lipinski definition) is 8. The van der Waals surface area contributed by atoms with Gasteiger partial charge in [-0.25, -0.2) is 9.83 Å². The van der Waals surface area contributed by atoms with Crippen molar-refractivity contribution in [2.45, 2.75) is 20.3 Å². The number of nitrogens with zero attached hydrogens (tertiary/aromatic N) is 3. The molecule has 0 unspecified atom stereocenters. The lowest BCUT2D eigenvalue weighted by Gasteiger charge is -2.18. The number of rotatable bonds is 12. The Balaban J connectivity index is 1.87. The van der Waals surface area contributed by atoms with E-state index in [1.807, 2.05) is 0 Å². The summed E-state index contributed by atoms with van der Waals surface area (Å²) in [6.07, 6.45) is 3.71. The maximum Gasteiger partial charge on any atom is 0.330 e. The van der Waals surface area contributed by atoms with E-state index in [2.05, 4.69) is 20.1 Å². The maximum atomic E-state index is 12.6. The number of pyridine rings is 2. The van der Waals surface area contributed by atoms with Crippen molar-refractivity contribution in [3.05, 3.63) is 53.1 Å². The summed E-state index contributed by atoms with van der Waals surface area (Å²) in [6.45, 7) is 12.0. The largest absolute Gasteiger partial charge is 0.493 e. The third-order valence-electron chi connectivity index (χ3n) is 4.72. The van der Waals surface area contributed by atoms with E-state index in [0.29, 0.717) is 64.3 Å². The van der Waals surface area contributed by atoms with Gasteiger partial charge in [0, 0.05) is 23.8 Å². The number of anilines is 2. The fourth-order valence-electron chi connectivity index (χ4n) is 3.26. The standard InChI is InChI=1S/C23H26ClN4O5P/c1-5-32-34(29,33-6-2)11-7-10-31-21-12-17-18(13-20(21)30-4)26-15-19(25-3)23(17)28-22-9-8-16(24)14-27-22/h8-9,12-15H,5-7,10-11H2,1-2,4H3,(H,26,27,28). The molecule has 0 aliphatic heterocycles. The van der Waals surface area contributed by atoms with Gasteiger partial charge < -0.3 is 23.8 Å². The van der Waals surface area contributed by atoms with E-state index in [1.165, 1.54) is 19.5 Å². The van der Waals surface area contributed by atoms with Gasteiger partial charge in [0.15, 0.2) is 11.5 Å². The highest BCUT2D eigenvalue weighted by Gasteiger charge is 2.23. The normalized spacial score (nSPS) is 11.3. The molecule has 0 aliphatic carbocycles. The smallest absolute Gasteiger partial charge is 0.330 e. The van der Waals surface area contributed by atoms with Crippen LogP contribution in [0.4, 0.5) is 17.2 Å². The molecule has 0 amide bonds. The molecule has 34 heavy (non-hydrogen) atoms. The Morgan fingerprint density at radius 2 is 1.88 bits per heavy atom. The molecular formula is C23H26ClN4O5P. The molecule has 3 aromatic rings. The van der Waals surface area contributed by atoms with Gasteiger partial charge >= 0.3 is 7.60 Å². The first-order chi connectivity index (χ1) is 16.4. The number of nitrogens with one attached hydrogen (secondary N) is 1. The minimum Gasteiger partial charge on any atom is -0.493 e. The monoisotopic (exact) mass is 504 g/mol. The van der Waals surface area contributed by atoms with Crippen LogP contribution in [0.15, 0.2) is 36.7 Å². The average molecular weight is 505 g/mol. The Bertz CT molecular complexity index is 1210. The zero-order valence-corrected chi connectivity index (χ0v) is 20.9. The molecule has 2 aromatic heterocycles. The highest BCUT2D eigenvalue weighted by molar-refractivity contribution is 7.53. The molecule has 11 heteroatoms. The van der Waals surface area contributed by atoms with Crippen molar-refractivity contribution in [2.24, 2.45) is 0 Å². The van der Waals surface area contributed by atoms with Crippen LogP contribution in [0.5, 0.6) is 11.5 Å². The Kier molecular flexibility index (Phi) is 9.08. The second-order valence-corrected chi connectivity index (χ2v) is 9.63. The van der Waals surface area contributed by atoms with Gasteiger partial charge in [-0.15, -0.1) is 0 Å². The van der Waals surface area contributed by atoms with E-state index in [1.54, 1.807) is 38.1 Å². The van der Waals surface area contributed by atoms with Gasteiger partial charge in [-0.2, -0.15) is 0 Å². The van der Waals surface area contributed by atoms with Gasteiger partial charge in [0.2, 0.25) is 5.69 Å². The van der Waals surface area contributed by atoms with Crippen LogP contribution >= 0.6 is 19.2 Å². The Morgan fingerprint density at radius 3 is 2.50 bits per heavy atom. The van der Waals surface area contributed by atoms with Crippen LogP contribution in [0, 0.1) is 6.57 Å². The van der Waals surface area contributed by atoms with Gasteiger partial charge in [-0.05, 0) is 38.5 Å². The van der Waals surface area contributed by atoms with Crippen LogP contribution in [0.1, 0.15) is 20.3 Å². The third kappa shape index (κ3) is 6.37. The van der Waals surface area contributed by atoms with Gasteiger partial charge in [0.25, 0.3) is 0 Å². The molecule has 0 fully saturated rings. The highest BCUT2D eigenvalue weighted by atomic mass is 35.5. The summed E-state index contributed by atoms with van der Waals surface area (Å²) in [6, 6.07) is 6.93. The molecular weight excluding hydrogens is 479 g/mol. The molecule has 1 N–H and O–H groups in total. The van der Waals surface area contributed by atoms with Crippen molar-refractivity contribution < 1.29 is 23.1 Å². The number of aromatic nitrogens is 2. The molecule has 0 spiro atoms. The Hall–Kier alpha value is -2.89. The number of fused-ring (bicyclic) bond motifs is 1. The number of hydrogen-bond donors (Lipinski definition) is 1. The van der Waals surface area contributed by atoms with E-state index in [9.17, 15) is 4.57 Å². The van der Waals surface area contributed by atoms with Crippen LogP contribution < -0.4 is 14.8 Å². The predicted molar refractivity (Wildman–Crippen MR) is 133 cm³/mol. The lowest BCUT2D eigenvalue weighted by Crippen LogP contribution is -2.06. The highest BCUT2D eigenvalue weighted by Crippen LogP contribution is 2.48. The molecule has 1 aromatic carbocycles. The quantitative estimate of drug-likeness (QED) is 0.167. The second kappa shape index (κ2) is 12.0. The summed E-state index contributed by atoms with van der Waals surface area (Å²) < 4.78 is 34.7. The zero-order chi connectivity index (χ0) is 24.6. The molecule has 0 bridgehead atoms. The summed E-state index contributed by atoms with van der Waals surface area (Å²) in [5.41, 5.74) is 1.49. The van der Waals surface area contributed by atoms with E-state index < -0.39 is 7.60 Å². The molecule has 0 atom stereocenters. The molecule has 2 heterocycles. The van der Waals surface area contributed by atoms with E-state index >= 15 is 0 Å². The lowest BCUT2D eigenvalue weighted by atomic mass is 10.1. The first-order valence-corrected chi connectivity index (χ1v) is 12.8. The predicted octanol–water partition coefficient (Wildman–Crippen LogP) is 6.62. The van der Waals surface area contributed by atoms with Crippen molar-refractivity contribution in [1.29, 1.82) is 0 Å². The van der Waals surface area contributed by atoms with E-state index in [4.69, 9.17) is 36.7 Å². The minimum atomic E-state index is -3.14. The topological polar surface area (TPSA) is 96.2 Å². The van der Waals surface area contributed by atoms with Crippen molar-refractivity contribution in [1.82, 2.24) is 9.97 Å². The number of benzene rings is 1. The van der Waals surface area contributed by atoms with Crippen molar-refractivity contribution in [3.63, 3.8) is 0 Å². The summed E-state index contributed by atoms with van der Waals surface area (Å²) in [5, 5.41) is 4.35. The zero-order valence-electron chi connectivity index (χ0n) is 19.2. The first-order valence-electron chi connectivity index (χ1n) is 10.7. The number of ether oxygens (including phenoxy) is 2. The van der Waals surface area contributed by atoms with Crippen molar-refractivity contribution >= 4 is 47.3 Å². The Labute approximate surface area is 203 Å². The minimum absolute atomic E-state index is 0.239. The summed E-state index contributed by atoms with van der Waals surface area (Å²) in [5.74, 6) is 1.49. The molecule has 9 nitrogen and oxygen atoms in total. The third-order valence-corrected chi connectivity index (χ3v) is 7.11. The van der Waals surface area contributed by atoms with Crippen LogP contribution in [0.3, 0.4) is 0 Å². The van der Waals surface area contributed by atoms with Crippen molar-refractivity contribution in [3.8, 4) is 11.5 Å². The Morgan fingerprint density at radius 1 is 1.12 bits per heavy atom. The number of halogens is 1. The molecule has 0 aliphatic rings. The molecule has 0 radical (unpaired) electrons. The first kappa shape index (κ1) is 25.7. The maximum absolute atomic E-state index is 12.6. The van der Waals surface area contributed by atoms with E-state index in [-0.39, 0.29) is 12.8 Å². The summed E-state index contributed by atoms with van der Waals surface area (Å²) >= 11 is 5.93. The van der Waals surface area contributed by atoms with Crippen LogP contribution in [0.25, 0.3) is 15.7 Å². The second-order valence-electron chi connectivity index (χ2n) is 7.01. The molecule has 0 saturated heterocycles. The summed E-state index contributed by atoms with van der Waals surface area (Å²) in [4.78, 5) is 12.2. The van der Waals surface area contributed by atoms with Crippen LogP contribution in [-0.2, 0) is 13.6 Å². The van der Waals surface area contributed by atoms with Gasteiger partial charge in [-0.1, -0.05) is 11.6 Å². The summed E-state index contributed by atoms with van der Waals surface area (Å²) in [7, 11) is -1.60. The fourth-order valence-corrected chi connectivity index (χ4v) is 5.00. The lowest BCUT2D eigenvalue weighted by molar-refractivity contribution is 0.216. The van der Waals surface area contributed by atoms with Crippen LogP contribution in [-0.4, -0.2) is 43.1 Å². The molecule has 0 saturated carbocycles. The number of methoxy groups -OCH3 is 1. The van der Waals surface area contributed by atoms with Gasteiger partial charge in [-0.3, -0.25) is 9.55 Å². The average Bonchev–Trinajstić information content (AvgIpc) is 2.83. The molecule has 180 valence electrons. The SMILES string of the molecule is [C-]#[N+]c1cnc2cc(OC)c(OCCCP(=O)(OCC)OCC)cc2c1Nc1ccc(Cl)cn1.